The first-order valence-electron chi connectivity index (χ1n) is 20.0. The van der Waals surface area contributed by atoms with Crippen LogP contribution in [0.5, 0.6) is 0 Å². The molecule has 3 rings (SSSR count). The number of benzene rings is 2. The molecule has 0 bridgehead atoms. The fourth-order valence-corrected chi connectivity index (χ4v) is 6.13. The fraction of sp³-hybridized carbons (Fsp3) is 0.614. The zero-order valence-corrected chi connectivity index (χ0v) is 38.8. The van der Waals surface area contributed by atoms with Gasteiger partial charge >= 0.3 is 12.1 Å². The highest BCUT2D eigenvalue weighted by Gasteiger charge is 2.24. The van der Waals surface area contributed by atoms with Crippen molar-refractivity contribution in [2.24, 2.45) is 0 Å². The second kappa shape index (κ2) is 32.3. The summed E-state index contributed by atoms with van der Waals surface area (Å²) in [5.41, 5.74) is 3.58. The lowest BCUT2D eigenvalue weighted by molar-refractivity contribution is -0.151. The quantitative estimate of drug-likeness (QED) is 0.174. The number of aldehydes is 1. The summed E-state index contributed by atoms with van der Waals surface area (Å²) < 4.78 is 23.1. The number of esters is 1. The van der Waals surface area contributed by atoms with Crippen molar-refractivity contribution in [1.29, 1.82) is 5.26 Å². The minimum atomic E-state index is -0.509. The van der Waals surface area contributed by atoms with Gasteiger partial charge in [-0.1, -0.05) is 71.7 Å². The van der Waals surface area contributed by atoms with E-state index in [0.717, 1.165) is 41.4 Å². The van der Waals surface area contributed by atoms with Gasteiger partial charge in [0.25, 0.3) is 0 Å². The number of nitrogens with one attached hydrogen (secondary N) is 1. The maximum Gasteiger partial charge on any atom is 0.410 e. The molecular formula is C44H71Cl2FN4O6. The second-order valence-electron chi connectivity index (χ2n) is 13.4. The van der Waals surface area contributed by atoms with Crippen LogP contribution in [0.15, 0.2) is 24.3 Å². The van der Waals surface area contributed by atoms with Crippen molar-refractivity contribution in [2.75, 3.05) is 38.6 Å². The maximum atomic E-state index is 13.3. The van der Waals surface area contributed by atoms with Gasteiger partial charge in [-0.05, 0) is 115 Å². The lowest BCUT2D eigenvalue weighted by Gasteiger charge is -2.32. The molecule has 0 aliphatic carbocycles. The molecule has 0 spiro atoms. The number of rotatable bonds is 11. The monoisotopic (exact) mass is 840 g/mol. The van der Waals surface area contributed by atoms with Crippen LogP contribution in [0.4, 0.5) is 14.9 Å². The standard InChI is InChI=1S/C12H23NO3.C11H13Cl2N.C11H11FN2O.C6H12O2.2C2H6/c1-5-8-13(12(15)16-7-3)11(6-2)9-10(4)14;1-7-11-8(3-4-14(7)2)5-9(12)6-10(11)13;1-2-8-6-11(14-3-4-15)10(12)5-9(8)7-13;1-5(7)8-6(2,3)4;2*1-2/h11H,5-9H2,1-4H3;5-7H,3-4H2,1-2H3;4-6,14H,2-3H2,1H3;1-4H3;2*1-2H3. The van der Waals surface area contributed by atoms with Crippen molar-refractivity contribution in [3.8, 4) is 6.07 Å². The summed E-state index contributed by atoms with van der Waals surface area (Å²) in [6, 6.07) is 8.91. The molecule has 10 nitrogen and oxygen atoms in total. The van der Waals surface area contributed by atoms with Crippen molar-refractivity contribution in [3.63, 3.8) is 0 Å². The highest BCUT2D eigenvalue weighted by Crippen LogP contribution is 2.36. The van der Waals surface area contributed by atoms with Gasteiger partial charge in [-0.25, -0.2) is 9.18 Å². The highest BCUT2D eigenvalue weighted by atomic mass is 35.5. The number of hydrogen-bond donors (Lipinski definition) is 1. The van der Waals surface area contributed by atoms with Crippen LogP contribution in [-0.2, 0) is 36.7 Å². The Morgan fingerprint density at radius 1 is 1.07 bits per heavy atom. The third kappa shape index (κ3) is 24.0. The molecule has 2 atom stereocenters. The molecule has 0 aromatic heterocycles. The van der Waals surface area contributed by atoms with Crippen molar-refractivity contribution >= 4 is 53.0 Å². The van der Waals surface area contributed by atoms with E-state index in [1.807, 2.05) is 87.4 Å². The molecule has 0 saturated carbocycles. The molecule has 13 heteroatoms. The van der Waals surface area contributed by atoms with Crippen LogP contribution in [0, 0.1) is 17.1 Å². The summed E-state index contributed by atoms with van der Waals surface area (Å²) in [5, 5.41) is 12.9. The number of anilines is 1. The number of likely N-dealkylation sites (N-methyl/N-ethyl adjacent to an activating group) is 1. The summed E-state index contributed by atoms with van der Waals surface area (Å²) >= 11 is 12.2. The molecule has 0 saturated heterocycles. The minimum Gasteiger partial charge on any atom is -0.460 e. The summed E-state index contributed by atoms with van der Waals surface area (Å²) in [7, 11) is 2.12. The van der Waals surface area contributed by atoms with E-state index in [2.05, 4.69) is 24.2 Å². The number of amides is 1. The maximum absolute atomic E-state index is 13.3. The topological polar surface area (TPSA) is 129 Å². The number of ketones is 1. The van der Waals surface area contributed by atoms with Gasteiger partial charge in [0.1, 0.15) is 23.5 Å². The molecule has 2 unspecified atom stereocenters. The van der Waals surface area contributed by atoms with E-state index in [-0.39, 0.29) is 41.7 Å². The number of fused-ring (bicyclic) bond motifs is 1. The number of hydrogen-bond acceptors (Lipinski definition) is 9. The Hall–Kier alpha value is -3.72. The Balaban J connectivity index is -0.000000676. The van der Waals surface area contributed by atoms with Gasteiger partial charge in [0.15, 0.2) is 0 Å². The Morgan fingerprint density at radius 2 is 1.67 bits per heavy atom. The Bertz CT molecular complexity index is 1530. The Morgan fingerprint density at radius 3 is 2.09 bits per heavy atom. The van der Waals surface area contributed by atoms with Crippen LogP contribution in [0.1, 0.15) is 144 Å². The van der Waals surface area contributed by atoms with Crippen LogP contribution >= 0.6 is 23.2 Å². The van der Waals surface area contributed by atoms with Crippen molar-refractivity contribution in [2.45, 2.75) is 147 Å². The van der Waals surface area contributed by atoms with Gasteiger partial charge in [0.05, 0.1) is 30.5 Å². The molecule has 324 valence electrons. The number of halogens is 3. The van der Waals surface area contributed by atoms with Gasteiger partial charge < -0.3 is 24.5 Å². The molecule has 0 fully saturated rings. The van der Waals surface area contributed by atoms with E-state index in [4.69, 9.17) is 37.9 Å². The number of ether oxygens (including phenoxy) is 2. The van der Waals surface area contributed by atoms with Crippen molar-refractivity contribution < 1.29 is 33.0 Å². The van der Waals surface area contributed by atoms with Gasteiger partial charge in [-0.15, -0.1) is 0 Å². The molecule has 1 aliphatic heterocycles. The first-order valence-corrected chi connectivity index (χ1v) is 20.8. The van der Waals surface area contributed by atoms with Crippen LogP contribution in [0.2, 0.25) is 10.0 Å². The lowest BCUT2D eigenvalue weighted by atomic mass is 9.94. The summed E-state index contributed by atoms with van der Waals surface area (Å²) in [4.78, 5) is 47.2. The largest absolute Gasteiger partial charge is 0.460 e. The Labute approximate surface area is 353 Å². The van der Waals surface area contributed by atoms with Gasteiger partial charge in [-0.3, -0.25) is 14.5 Å². The smallest absolute Gasteiger partial charge is 0.410 e. The molecule has 1 N–H and O–H groups in total. The molecular weight excluding hydrogens is 770 g/mol. The number of Topliss-reactive ketones (excluding diaryl/α,β-unsaturated/α-hetero) is 1. The van der Waals surface area contributed by atoms with Gasteiger partial charge in [0, 0.05) is 48.6 Å². The summed E-state index contributed by atoms with van der Waals surface area (Å²) in [6.07, 6.45) is 4.09. The number of nitriles is 1. The zero-order valence-electron chi connectivity index (χ0n) is 37.3. The molecule has 2 aromatic carbocycles. The number of aryl methyl sites for hydroxylation is 1. The molecule has 57 heavy (non-hydrogen) atoms. The third-order valence-electron chi connectivity index (χ3n) is 7.91. The van der Waals surface area contributed by atoms with E-state index >= 15 is 0 Å². The van der Waals surface area contributed by atoms with Gasteiger partial charge in [-0.2, -0.15) is 5.26 Å². The normalized spacial score (nSPS) is 13.0. The minimum absolute atomic E-state index is 0.0310. The SMILES string of the molecule is CC.CC.CC(=O)OC(C)(C)C.CC1c2c(Cl)cc(Cl)cc2CCN1C.CCCN(C(=O)OCC)C(CC)CC(C)=O.CCc1cc(NCC=O)c(F)cc1C#N. The first kappa shape index (κ1) is 57.6. The van der Waals surface area contributed by atoms with E-state index in [0.29, 0.717) is 43.9 Å². The predicted octanol–water partition coefficient (Wildman–Crippen LogP) is 11.4. The average Bonchev–Trinajstić information content (AvgIpc) is 3.15. The number of carbonyl (C=O) groups excluding carboxylic acids is 4. The molecule has 0 radical (unpaired) electrons. The molecule has 1 aliphatic rings. The number of nitrogens with zero attached hydrogens (tertiary/aromatic N) is 3. The fourth-order valence-electron chi connectivity index (χ4n) is 5.43. The first-order chi connectivity index (χ1) is 26.8. The van der Waals surface area contributed by atoms with Crippen molar-refractivity contribution in [3.05, 3.63) is 62.4 Å². The van der Waals surface area contributed by atoms with Crippen LogP contribution in [0.25, 0.3) is 0 Å². The number of carbonyl (C=O) groups is 4. The second-order valence-corrected chi connectivity index (χ2v) is 14.3. The van der Waals surface area contributed by atoms with E-state index < -0.39 is 5.82 Å². The molecule has 2 aromatic rings. The van der Waals surface area contributed by atoms with Crippen molar-refractivity contribution in [1.82, 2.24) is 9.80 Å². The average molecular weight is 842 g/mol. The van der Waals surface area contributed by atoms with E-state index in [1.165, 1.54) is 24.1 Å². The van der Waals surface area contributed by atoms with Crippen LogP contribution in [0.3, 0.4) is 0 Å². The Kier molecular flexibility index (Phi) is 32.6. The molecule has 1 heterocycles. The third-order valence-corrected chi connectivity index (χ3v) is 8.45. The lowest BCUT2D eigenvalue weighted by Crippen LogP contribution is -2.41. The van der Waals surface area contributed by atoms with Crippen LogP contribution < -0.4 is 5.32 Å². The van der Waals surface area contributed by atoms with E-state index in [9.17, 15) is 23.6 Å². The summed E-state index contributed by atoms with van der Waals surface area (Å²) in [5.74, 6) is -0.625. The van der Waals surface area contributed by atoms with E-state index in [1.54, 1.807) is 24.8 Å². The molecule has 1 amide bonds. The van der Waals surface area contributed by atoms with Crippen LogP contribution in [-0.4, -0.2) is 78.9 Å². The zero-order chi connectivity index (χ0) is 44.9. The highest BCUT2D eigenvalue weighted by molar-refractivity contribution is 6.35. The summed E-state index contributed by atoms with van der Waals surface area (Å²) in [6.45, 7) is 28.5. The predicted molar refractivity (Wildman–Crippen MR) is 234 cm³/mol. The van der Waals surface area contributed by atoms with Gasteiger partial charge in [0.2, 0.25) is 0 Å².